The zero-order chi connectivity index (χ0) is 10.4. The fraction of sp³-hybridized carbons (Fsp3) is 0.333. The van der Waals surface area contributed by atoms with Gasteiger partial charge in [0.15, 0.2) is 0 Å². The highest BCUT2D eigenvalue weighted by molar-refractivity contribution is 5.55. The summed E-state index contributed by atoms with van der Waals surface area (Å²) in [5, 5.41) is 0. The van der Waals surface area contributed by atoms with E-state index >= 15 is 0 Å². The van der Waals surface area contributed by atoms with Crippen LogP contribution in [0.15, 0.2) is 29.8 Å². The van der Waals surface area contributed by atoms with Crippen LogP contribution < -0.4 is 10.5 Å². The van der Waals surface area contributed by atoms with E-state index in [0.29, 0.717) is 6.54 Å². The van der Waals surface area contributed by atoms with Gasteiger partial charge in [-0.25, -0.2) is 0 Å². The lowest BCUT2D eigenvalue weighted by Gasteiger charge is -2.03. The molecule has 0 spiro atoms. The number of rotatable bonds is 4. The van der Waals surface area contributed by atoms with E-state index in [0.717, 1.165) is 17.7 Å². The molecule has 0 aliphatic rings. The monoisotopic (exact) mass is 191 g/mol. The normalized spacial score (nSPS) is 11.5. The first kappa shape index (κ1) is 10.8. The van der Waals surface area contributed by atoms with Gasteiger partial charge in [-0.2, -0.15) is 0 Å². The minimum atomic E-state index is 0.619. The van der Waals surface area contributed by atoms with Crippen molar-refractivity contribution >= 4 is 6.08 Å². The van der Waals surface area contributed by atoms with E-state index in [1.807, 2.05) is 24.3 Å². The molecular formula is C12H17NO. The van der Waals surface area contributed by atoms with Crippen molar-refractivity contribution in [1.29, 1.82) is 0 Å². The fourth-order valence-electron chi connectivity index (χ4n) is 1.27. The maximum absolute atomic E-state index is 5.60. The van der Waals surface area contributed by atoms with Gasteiger partial charge in [0.05, 0.1) is 7.11 Å². The van der Waals surface area contributed by atoms with Gasteiger partial charge in [0, 0.05) is 6.54 Å². The van der Waals surface area contributed by atoms with E-state index in [2.05, 4.69) is 13.0 Å². The minimum Gasteiger partial charge on any atom is -0.497 e. The van der Waals surface area contributed by atoms with Crippen LogP contribution >= 0.6 is 0 Å². The van der Waals surface area contributed by atoms with E-state index in [4.69, 9.17) is 10.5 Å². The third-order valence-electron chi connectivity index (χ3n) is 2.18. The highest BCUT2D eigenvalue weighted by Gasteiger charge is 1.94. The number of hydrogen-bond acceptors (Lipinski definition) is 2. The van der Waals surface area contributed by atoms with Crippen molar-refractivity contribution in [3.8, 4) is 5.75 Å². The minimum absolute atomic E-state index is 0.619. The van der Waals surface area contributed by atoms with Gasteiger partial charge in [-0.15, -0.1) is 0 Å². The quantitative estimate of drug-likeness (QED) is 0.793. The number of methoxy groups -OCH3 is 1. The van der Waals surface area contributed by atoms with Gasteiger partial charge in [-0.3, -0.25) is 0 Å². The lowest BCUT2D eigenvalue weighted by atomic mass is 10.1. The Morgan fingerprint density at radius 2 is 2.29 bits per heavy atom. The predicted octanol–water partition coefficient (Wildman–Crippen LogP) is 2.45. The average molecular weight is 191 g/mol. The zero-order valence-corrected chi connectivity index (χ0v) is 8.79. The molecule has 2 heteroatoms. The van der Waals surface area contributed by atoms with E-state index in [1.54, 1.807) is 7.11 Å². The van der Waals surface area contributed by atoms with Crippen LogP contribution in [0.25, 0.3) is 6.08 Å². The Morgan fingerprint density at radius 1 is 1.50 bits per heavy atom. The SMILES string of the molecule is CCC(=Cc1cccc(OC)c1)CN. The summed E-state index contributed by atoms with van der Waals surface area (Å²) in [7, 11) is 1.67. The van der Waals surface area contributed by atoms with Crippen LogP contribution in [0.3, 0.4) is 0 Å². The van der Waals surface area contributed by atoms with Crippen LogP contribution in [0.5, 0.6) is 5.75 Å². The van der Waals surface area contributed by atoms with Crippen LogP contribution in [0.1, 0.15) is 18.9 Å². The van der Waals surface area contributed by atoms with Crippen LogP contribution in [-0.4, -0.2) is 13.7 Å². The van der Waals surface area contributed by atoms with Crippen LogP contribution in [0, 0.1) is 0 Å². The summed E-state index contributed by atoms with van der Waals surface area (Å²) in [6, 6.07) is 7.97. The van der Waals surface area contributed by atoms with Crippen molar-refractivity contribution in [3.05, 3.63) is 35.4 Å². The highest BCUT2D eigenvalue weighted by Crippen LogP contribution is 2.15. The van der Waals surface area contributed by atoms with Crippen molar-refractivity contribution in [1.82, 2.24) is 0 Å². The van der Waals surface area contributed by atoms with Crippen molar-refractivity contribution in [3.63, 3.8) is 0 Å². The summed E-state index contributed by atoms with van der Waals surface area (Å²) in [5.41, 5.74) is 8.00. The summed E-state index contributed by atoms with van der Waals surface area (Å²) in [6.07, 6.45) is 3.11. The molecule has 2 nitrogen and oxygen atoms in total. The lowest BCUT2D eigenvalue weighted by Crippen LogP contribution is -2.01. The molecule has 1 rings (SSSR count). The first-order valence-electron chi connectivity index (χ1n) is 4.83. The van der Waals surface area contributed by atoms with Gasteiger partial charge in [0.1, 0.15) is 5.75 Å². The van der Waals surface area contributed by atoms with E-state index in [9.17, 15) is 0 Å². The van der Waals surface area contributed by atoms with Crippen LogP contribution in [0.4, 0.5) is 0 Å². The maximum atomic E-state index is 5.60. The summed E-state index contributed by atoms with van der Waals surface area (Å²) in [4.78, 5) is 0. The third kappa shape index (κ3) is 2.89. The van der Waals surface area contributed by atoms with Crippen molar-refractivity contribution in [2.24, 2.45) is 5.73 Å². The smallest absolute Gasteiger partial charge is 0.119 e. The van der Waals surface area contributed by atoms with E-state index < -0.39 is 0 Å². The number of benzene rings is 1. The molecule has 76 valence electrons. The Bertz CT molecular complexity index is 312. The molecule has 0 fully saturated rings. The van der Waals surface area contributed by atoms with Crippen molar-refractivity contribution < 1.29 is 4.74 Å². The zero-order valence-electron chi connectivity index (χ0n) is 8.79. The molecule has 0 saturated carbocycles. The largest absolute Gasteiger partial charge is 0.497 e. The molecule has 0 aromatic heterocycles. The second kappa shape index (κ2) is 5.45. The topological polar surface area (TPSA) is 35.2 Å². The molecule has 0 unspecified atom stereocenters. The van der Waals surface area contributed by atoms with Gasteiger partial charge in [0.25, 0.3) is 0 Å². The van der Waals surface area contributed by atoms with Crippen LogP contribution in [0.2, 0.25) is 0 Å². The molecule has 1 aromatic rings. The third-order valence-corrected chi connectivity index (χ3v) is 2.18. The molecule has 0 radical (unpaired) electrons. The first-order chi connectivity index (χ1) is 6.80. The maximum Gasteiger partial charge on any atom is 0.119 e. The molecule has 14 heavy (non-hydrogen) atoms. The van der Waals surface area contributed by atoms with Gasteiger partial charge in [-0.1, -0.05) is 30.7 Å². The molecule has 0 amide bonds. The molecule has 0 aliphatic heterocycles. The second-order valence-electron chi connectivity index (χ2n) is 3.14. The Hall–Kier alpha value is -1.28. The lowest BCUT2D eigenvalue weighted by molar-refractivity contribution is 0.414. The standard InChI is InChI=1S/C12H17NO/c1-3-10(9-13)7-11-5-4-6-12(8-11)14-2/h4-8H,3,9,13H2,1-2H3. The number of nitrogens with two attached hydrogens (primary N) is 1. The summed E-state index contributed by atoms with van der Waals surface area (Å²) in [6.45, 7) is 2.73. The molecule has 0 atom stereocenters. The van der Waals surface area contributed by atoms with Gasteiger partial charge < -0.3 is 10.5 Å². The summed E-state index contributed by atoms with van der Waals surface area (Å²) < 4.78 is 5.14. The molecule has 0 bridgehead atoms. The Balaban J connectivity index is 2.90. The van der Waals surface area contributed by atoms with Gasteiger partial charge >= 0.3 is 0 Å². The molecule has 0 aliphatic carbocycles. The number of hydrogen-bond donors (Lipinski definition) is 1. The molecule has 1 aromatic carbocycles. The predicted molar refractivity (Wildman–Crippen MR) is 60.3 cm³/mol. The Kier molecular flexibility index (Phi) is 4.20. The van der Waals surface area contributed by atoms with Gasteiger partial charge in [-0.05, 0) is 24.1 Å². The van der Waals surface area contributed by atoms with Crippen LogP contribution in [-0.2, 0) is 0 Å². The van der Waals surface area contributed by atoms with Crippen molar-refractivity contribution in [2.75, 3.05) is 13.7 Å². The fourth-order valence-corrected chi connectivity index (χ4v) is 1.27. The van der Waals surface area contributed by atoms with E-state index in [-0.39, 0.29) is 0 Å². The summed E-state index contributed by atoms with van der Waals surface area (Å²) in [5.74, 6) is 0.881. The molecular weight excluding hydrogens is 174 g/mol. The Labute approximate surface area is 85.4 Å². The Morgan fingerprint density at radius 3 is 2.86 bits per heavy atom. The first-order valence-corrected chi connectivity index (χ1v) is 4.83. The van der Waals surface area contributed by atoms with E-state index in [1.165, 1.54) is 5.57 Å². The summed E-state index contributed by atoms with van der Waals surface area (Å²) >= 11 is 0. The average Bonchev–Trinajstić information content (AvgIpc) is 2.26. The molecule has 0 heterocycles. The molecule has 2 N–H and O–H groups in total. The number of ether oxygens (including phenoxy) is 1. The van der Waals surface area contributed by atoms with Crippen molar-refractivity contribution in [2.45, 2.75) is 13.3 Å². The molecule has 0 saturated heterocycles. The van der Waals surface area contributed by atoms with Gasteiger partial charge in [0.2, 0.25) is 0 Å². The second-order valence-corrected chi connectivity index (χ2v) is 3.14. The highest BCUT2D eigenvalue weighted by atomic mass is 16.5.